The first-order valence-electron chi connectivity index (χ1n) is 10.2. The van der Waals surface area contributed by atoms with E-state index in [9.17, 15) is 9.59 Å². The van der Waals surface area contributed by atoms with Gasteiger partial charge in [-0.1, -0.05) is 0 Å². The van der Waals surface area contributed by atoms with Gasteiger partial charge in [0.15, 0.2) is 0 Å². The van der Waals surface area contributed by atoms with Crippen LogP contribution in [0.4, 0.5) is 5.69 Å². The minimum Gasteiger partial charge on any atom is -0.371 e. The Morgan fingerprint density at radius 1 is 1.28 bits per heavy atom. The third-order valence-electron chi connectivity index (χ3n) is 6.21. The van der Waals surface area contributed by atoms with Crippen LogP contribution in [0.1, 0.15) is 30.9 Å². The van der Waals surface area contributed by atoms with Gasteiger partial charge in [0.2, 0.25) is 6.54 Å². The highest BCUT2D eigenvalue weighted by Crippen LogP contribution is 2.38. The molecule has 1 aliphatic heterocycles. The van der Waals surface area contributed by atoms with Gasteiger partial charge in [-0.05, 0) is 56.8 Å². The summed E-state index contributed by atoms with van der Waals surface area (Å²) >= 11 is 0. The van der Waals surface area contributed by atoms with Gasteiger partial charge in [0.1, 0.15) is 0 Å². The molecule has 1 aromatic carbocycles. The molecule has 0 amide bonds. The smallest absolute Gasteiger partial charge is 0.350 e. The van der Waals surface area contributed by atoms with Crippen molar-refractivity contribution in [1.82, 2.24) is 14.1 Å². The number of nitrogens with zero attached hydrogens (tertiary/aromatic N) is 5. The molecule has 1 unspecified atom stereocenters. The molecule has 8 heteroatoms. The van der Waals surface area contributed by atoms with Crippen molar-refractivity contribution in [3.05, 3.63) is 50.0 Å². The summed E-state index contributed by atoms with van der Waals surface area (Å²) in [4.78, 5) is 33.3. The van der Waals surface area contributed by atoms with Gasteiger partial charge in [0.25, 0.3) is 5.56 Å². The third-order valence-corrected chi connectivity index (χ3v) is 6.21. The van der Waals surface area contributed by atoms with Gasteiger partial charge in [-0.15, -0.1) is 0 Å². The normalized spacial score (nSPS) is 19.2. The average molecular weight is 396 g/mol. The Hall–Kier alpha value is -2.79. The highest BCUT2D eigenvalue weighted by atomic mass is 16.2. The van der Waals surface area contributed by atoms with Gasteiger partial charge in [-0.3, -0.25) is 14.3 Å². The predicted octanol–water partition coefficient (Wildman–Crippen LogP) is 1.20. The lowest BCUT2D eigenvalue weighted by molar-refractivity contribution is 0.298. The Balaban J connectivity index is 1.66. The van der Waals surface area contributed by atoms with Crippen molar-refractivity contribution in [2.24, 2.45) is 5.92 Å². The number of fused-ring (bicyclic) bond motifs is 1. The van der Waals surface area contributed by atoms with Crippen LogP contribution >= 0.6 is 0 Å². The standard InChI is InChI=1S/C21H28N6O2/c1-14-18(25-10-8-15(13-25)12-24(3)11-9-23-2)7-6-17-19(14)26(16-4-5-16)21(29)27(22)20(17)28/h6-7,15-16H,4-5,8-13,22H2,1,3H3. The molecule has 0 radical (unpaired) electrons. The first kappa shape index (κ1) is 19.5. The second-order valence-electron chi connectivity index (χ2n) is 8.41. The van der Waals surface area contributed by atoms with Gasteiger partial charge in [-0.2, -0.15) is 4.68 Å². The summed E-state index contributed by atoms with van der Waals surface area (Å²) in [6.45, 7) is 13.2. The van der Waals surface area contributed by atoms with Crippen LogP contribution in [0.15, 0.2) is 21.7 Å². The molecule has 1 aromatic heterocycles. The van der Waals surface area contributed by atoms with E-state index in [0.717, 1.165) is 66.9 Å². The number of likely N-dealkylation sites (N-methyl/N-ethyl adjacent to an activating group) is 1. The summed E-state index contributed by atoms with van der Waals surface area (Å²) in [5.41, 5.74) is 1.94. The Kier molecular flexibility index (Phi) is 5.09. The Labute approximate surface area is 169 Å². The topological polar surface area (TPSA) is 80.9 Å². The maximum atomic E-state index is 12.7. The van der Waals surface area contributed by atoms with E-state index in [1.807, 2.05) is 19.1 Å². The predicted molar refractivity (Wildman–Crippen MR) is 115 cm³/mol. The van der Waals surface area contributed by atoms with Crippen LogP contribution in [0.3, 0.4) is 0 Å². The minimum atomic E-state index is -0.433. The van der Waals surface area contributed by atoms with E-state index in [0.29, 0.717) is 17.8 Å². The summed E-state index contributed by atoms with van der Waals surface area (Å²) in [6, 6.07) is 3.94. The maximum absolute atomic E-state index is 12.7. The molecule has 8 nitrogen and oxygen atoms in total. The highest BCUT2D eigenvalue weighted by molar-refractivity contribution is 5.87. The minimum absolute atomic E-state index is 0.136. The van der Waals surface area contributed by atoms with Crippen LogP contribution in [-0.2, 0) is 0 Å². The molecule has 2 fully saturated rings. The summed E-state index contributed by atoms with van der Waals surface area (Å²) in [7, 11) is 2.07. The van der Waals surface area contributed by atoms with E-state index in [1.54, 1.807) is 4.57 Å². The average Bonchev–Trinajstić information content (AvgIpc) is 3.44. The summed E-state index contributed by atoms with van der Waals surface area (Å²) in [6.07, 6.45) is 2.98. The van der Waals surface area contributed by atoms with Gasteiger partial charge >= 0.3 is 5.69 Å². The molecule has 0 spiro atoms. The van der Waals surface area contributed by atoms with Crippen LogP contribution in [0.25, 0.3) is 15.7 Å². The van der Waals surface area contributed by atoms with Crippen molar-refractivity contribution in [3.8, 4) is 0 Å². The second-order valence-corrected chi connectivity index (χ2v) is 8.41. The van der Waals surface area contributed by atoms with Crippen LogP contribution < -0.4 is 22.0 Å². The zero-order chi connectivity index (χ0) is 20.7. The SMILES string of the molecule is [C-]#[N+]CCN(C)CC1CCN(c2ccc3c(=O)n(N)c(=O)n(C4CC4)c3c2C)C1. The number of nitrogens with two attached hydrogens (primary N) is 1. The molecule has 2 heterocycles. The Morgan fingerprint density at radius 2 is 2.03 bits per heavy atom. The molecule has 2 aliphatic rings. The van der Waals surface area contributed by atoms with Crippen molar-refractivity contribution >= 4 is 16.6 Å². The highest BCUT2D eigenvalue weighted by Gasteiger charge is 2.31. The number of rotatable bonds is 6. The van der Waals surface area contributed by atoms with Gasteiger partial charge < -0.3 is 15.6 Å². The lowest BCUT2D eigenvalue weighted by Gasteiger charge is -2.24. The molecule has 0 bridgehead atoms. The number of hydrogen-bond acceptors (Lipinski definition) is 5. The molecule has 154 valence electrons. The number of aryl methyl sites for hydroxylation is 1. The van der Waals surface area contributed by atoms with Crippen molar-refractivity contribution in [2.75, 3.05) is 50.5 Å². The van der Waals surface area contributed by atoms with Crippen LogP contribution in [-0.4, -0.2) is 53.9 Å². The zero-order valence-corrected chi connectivity index (χ0v) is 17.1. The van der Waals surface area contributed by atoms with E-state index in [-0.39, 0.29) is 6.04 Å². The lowest BCUT2D eigenvalue weighted by Crippen LogP contribution is -2.44. The third kappa shape index (κ3) is 3.51. The molecule has 1 saturated carbocycles. The number of aromatic nitrogens is 2. The van der Waals surface area contributed by atoms with E-state index in [1.165, 1.54) is 0 Å². The molecule has 4 rings (SSSR count). The van der Waals surface area contributed by atoms with Crippen molar-refractivity contribution in [3.63, 3.8) is 0 Å². The molecule has 29 heavy (non-hydrogen) atoms. The van der Waals surface area contributed by atoms with E-state index in [2.05, 4.69) is 21.7 Å². The fourth-order valence-electron chi connectivity index (χ4n) is 4.57. The number of benzene rings is 1. The zero-order valence-electron chi connectivity index (χ0n) is 17.1. The Bertz CT molecular complexity index is 1090. The number of hydrogen-bond donors (Lipinski definition) is 1. The van der Waals surface area contributed by atoms with E-state index >= 15 is 0 Å². The van der Waals surface area contributed by atoms with Crippen LogP contribution in [0.5, 0.6) is 0 Å². The molecule has 2 N–H and O–H groups in total. The van der Waals surface area contributed by atoms with Gasteiger partial charge in [0.05, 0.1) is 17.4 Å². The number of nitrogen functional groups attached to an aromatic ring is 1. The van der Waals surface area contributed by atoms with Crippen molar-refractivity contribution in [2.45, 2.75) is 32.2 Å². The molecule has 1 aliphatic carbocycles. The van der Waals surface area contributed by atoms with Gasteiger partial charge in [-0.25, -0.2) is 11.4 Å². The first-order valence-corrected chi connectivity index (χ1v) is 10.2. The second kappa shape index (κ2) is 7.56. The Morgan fingerprint density at radius 3 is 2.72 bits per heavy atom. The lowest BCUT2D eigenvalue weighted by atomic mass is 10.1. The van der Waals surface area contributed by atoms with Crippen molar-refractivity contribution in [1.29, 1.82) is 0 Å². The van der Waals surface area contributed by atoms with E-state index in [4.69, 9.17) is 12.4 Å². The molecule has 2 aromatic rings. The number of anilines is 1. The monoisotopic (exact) mass is 396 g/mol. The first-order chi connectivity index (χ1) is 13.9. The van der Waals surface area contributed by atoms with Crippen molar-refractivity contribution < 1.29 is 0 Å². The molecular weight excluding hydrogens is 368 g/mol. The molecule has 1 atom stereocenters. The van der Waals surface area contributed by atoms with Gasteiger partial charge in [0, 0.05) is 31.4 Å². The molecular formula is C21H28N6O2. The van der Waals surface area contributed by atoms with Crippen LogP contribution in [0, 0.1) is 19.4 Å². The maximum Gasteiger partial charge on any atom is 0.350 e. The van der Waals surface area contributed by atoms with Crippen LogP contribution in [0.2, 0.25) is 0 Å². The summed E-state index contributed by atoms with van der Waals surface area (Å²) in [5, 5.41) is 0.509. The fourth-order valence-corrected chi connectivity index (χ4v) is 4.57. The van der Waals surface area contributed by atoms with E-state index < -0.39 is 11.2 Å². The molecule has 1 saturated heterocycles. The largest absolute Gasteiger partial charge is 0.371 e. The fraction of sp³-hybridized carbons (Fsp3) is 0.571. The quantitative estimate of drug-likeness (QED) is 0.586. The summed E-state index contributed by atoms with van der Waals surface area (Å²) in [5.74, 6) is 6.31. The summed E-state index contributed by atoms with van der Waals surface area (Å²) < 4.78 is 2.46.